The summed E-state index contributed by atoms with van der Waals surface area (Å²) in [6.07, 6.45) is 3.10. The zero-order chi connectivity index (χ0) is 21.8. The van der Waals surface area contributed by atoms with Gasteiger partial charge >= 0.3 is 0 Å². The van der Waals surface area contributed by atoms with Crippen LogP contribution in [-0.2, 0) is 22.6 Å². The molecule has 0 spiro atoms. The Labute approximate surface area is 190 Å². The smallest absolute Gasteiger partial charge is 0.233 e. The molecule has 0 aliphatic carbocycles. The number of amides is 2. The van der Waals surface area contributed by atoms with Crippen LogP contribution < -0.4 is 5.32 Å². The van der Waals surface area contributed by atoms with Gasteiger partial charge in [-0.2, -0.15) is 5.26 Å². The molecule has 1 atom stereocenters. The Morgan fingerprint density at radius 3 is 2.65 bits per heavy atom. The summed E-state index contributed by atoms with van der Waals surface area (Å²) in [6, 6.07) is 18.4. The van der Waals surface area contributed by atoms with Crippen LogP contribution in [0.5, 0.6) is 0 Å². The largest absolute Gasteiger partial charge is 0.337 e. The SMILES string of the molecule is CSc1ccc([C@@H]2CC(=O)NC(SCC(=O)N3CCc4ccccc4C3)=C2C#N)cc1. The van der Waals surface area contributed by atoms with Crippen molar-refractivity contribution >= 4 is 35.3 Å². The van der Waals surface area contributed by atoms with Crippen LogP contribution in [0.2, 0.25) is 0 Å². The van der Waals surface area contributed by atoms with Crippen molar-refractivity contribution in [2.75, 3.05) is 18.6 Å². The number of nitriles is 1. The second-order valence-corrected chi connectivity index (χ2v) is 9.42. The van der Waals surface area contributed by atoms with Crippen LogP contribution in [0, 0.1) is 11.3 Å². The number of hydrogen-bond acceptors (Lipinski definition) is 5. The molecule has 1 N–H and O–H groups in total. The van der Waals surface area contributed by atoms with E-state index in [1.807, 2.05) is 47.6 Å². The van der Waals surface area contributed by atoms with Crippen molar-refractivity contribution in [3.63, 3.8) is 0 Å². The topological polar surface area (TPSA) is 73.2 Å². The number of nitrogens with one attached hydrogen (secondary N) is 1. The third-order valence-corrected chi connectivity index (χ3v) is 7.44. The molecular weight excluding hydrogens is 426 g/mol. The molecule has 7 heteroatoms. The second kappa shape index (κ2) is 9.63. The van der Waals surface area contributed by atoms with Crippen molar-refractivity contribution < 1.29 is 9.59 Å². The van der Waals surface area contributed by atoms with Crippen LogP contribution in [0.4, 0.5) is 0 Å². The van der Waals surface area contributed by atoms with E-state index in [0.717, 1.165) is 16.9 Å². The fourth-order valence-corrected chi connectivity index (χ4v) is 5.38. The first-order chi connectivity index (χ1) is 15.1. The molecule has 4 rings (SSSR count). The minimum absolute atomic E-state index is 0.0185. The van der Waals surface area contributed by atoms with Crippen LogP contribution in [0.15, 0.2) is 64.0 Å². The lowest BCUT2D eigenvalue weighted by atomic mass is 9.87. The maximum atomic E-state index is 12.8. The zero-order valence-corrected chi connectivity index (χ0v) is 18.9. The van der Waals surface area contributed by atoms with Crippen molar-refractivity contribution in [1.82, 2.24) is 10.2 Å². The minimum Gasteiger partial charge on any atom is -0.337 e. The van der Waals surface area contributed by atoms with Gasteiger partial charge in [-0.1, -0.05) is 48.2 Å². The molecule has 2 aliphatic heterocycles. The number of rotatable bonds is 5. The number of hydrogen-bond donors (Lipinski definition) is 1. The molecule has 2 heterocycles. The lowest BCUT2D eigenvalue weighted by molar-refractivity contribution is -0.129. The van der Waals surface area contributed by atoms with E-state index in [2.05, 4.69) is 23.5 Å². The monoisotopic (exact) mass is 449 g/mol. The summed E-state index contributed by atoms with van der Waals surface area (Å²) in [4.78, 5) is 28.2. The summed E-state index contributed by atoms with van der Waals surface area (Å²) >= 11 is 2.90. The molecule has 2 aromatic carbocycles. The first kappa shape index (κ1) is 21.5. The highest BCUT2D eigenvalue weighted by Crippen LogP contribution is 2.36. The summed E-state index contributed by atoms with van der Waals surface area (Å²) in [6.45, 7) is 1.30. The van der Waals surface area contributed by atoms with E-state index in [-0.39, 0.29) is 29.9 Å². The first-order valence-electron chi connectivity index (χ1n) is 10.1. The van der Waals surface area contributed by atoms with E-state index in [9.17, 15) is 14.9 Å². The van der Waals surface area contributed by atoms with E-state index in [4.69, 9.17) is 0 Å². The second-order valence-electron chi connectivity index (χ2n) is 7.56. The molecule has 2 amide bonds. The van der Waals surface area contributed by atoms with Crippen molar-refractivity contribution in [3.05, 3.63) is 75.8 Å². The quantitative estimate of drug-likeness (QED) is 0.697. The lowest BCUT2D eigenvalue weighted by Crippen LogP contribution is -2.37. The number of nitrogens with zero attached hydrogens (tertiary/aromatic N) is 2. The summed E-state index contributed by atoms with van der Waals surface area (Å²) in [5.41, 5.74) is 3.95. The van der Waals surface area contributed by atoms with E-state index in [1.54, 1.807) is 11.8 Å². The Hall–Kier alpha value is -2.69. The zero-order valence-electron chi connectivity index (χ0n) is 17.3. The van der Waals surface area contributed by atoms with Gasteiger partial charge in [-0.3, -0.25) is 9.59 Å². The molecule has 0 unspecified atom stereocenters. The highest BCUT2D eigenvalue weighted by molar-refractivity contribution is 8.03. The van der Waals surface area contributed by atoms with Gasteiger partial charge in [0.25, 0.3) is 0 Å². The number of carbonyl (C=O) groups is 2. The molecule has 0 fully saturated rings. The molecule has 0 radical (unpaired) electrons. The summed E-state index contributed by atoms with van der Waals surface area (Å²) in [5.74, 6) is -0.194. The van der Waals surface area contributed by atoms with Crippen LogP contribution in [-0.4, -0.2) is 35.3 Å². The average molecular weight is 450 g/mol. The van der Waals surface area contributed by atoms with Crippen molar-refractivity contribution in [1.29, 1.82) is 5.26 Å². The summed E-state index contributed by atoms with van der Waals surface area (Å²) in [5, 5.41) is 13.2. The van der Waals surface area contributed by atoms with Gasteiger partial charge in [0.1, 0.15) is 0 Å². The molecule has 0 bridgehead atoms. The van der Waals surface area contributed by atoms with Gasteiger partial charge in [-0.15, -0.1) is 11.8 Å². The number of fused-ring (bicyclic) bond motifs is 1. The minimum atomic E-state index is -0.283. The molecule has 0 aromatic heterocycles. The predicted molar refractivity (Wildman–Crippen MR) is 124 cm³/mol. The Morgan fingerprint density at radius 1 is 1.19 bits per heavy atom. The maximum Gasteiger partial charge on any atom is 0.233 e. The Bertz CT molecular complexity index is 1070. The molecule has 5 nitrogen and oxygen atoms in total. The fraction of sp³-hybridized carbons (Fsp3) is 0.292. The maximum absolute atomic E-state index is 12.8. The number of allylic oxidation sites excluding steroid dienone is 1. The van der Waals surface area contributed by atoms with E-state index in [1.165, 1.54) is 22.9 Å². The highest BCUT2D eigenvalue weighted by Gasteiger charge is 2.30. The summed E-state index contributed by atoms with van der Waals surface area (Å²) in [7, 11) is 0. The average Bonchev–Trinajstić information content (AvgIpc) is 2.81. The van der Waals surface area contributed by atoms with Crippen molar-refractivity contribution in [2.45, 2.75) is 30.2 Å². The predicted octanol–water partition coefficient (Wildman–Crippen LogP) is 4.07. The third-order valence-electron chi connectivity index (χ3n) is 5.70. The number of thioether (sulfide) groups is 2. The highest BCUT2D eigenvalue weighted by atomic mass is 32.2. The Morgan fingerprint density at radius 2 is 1.94 bits per heavy atom. The van der Waals surface area contributed by atoms with Crippen molar-refractivity contribution in [2.24, 2.45) is 0 Å². The Kier molecular flexibility index (Phi) is 6.69. The van der Waals surface area contributed by atoms with Gasteiger partial charge in [0.15, 0.2) is 0 Å². The van der Waals surface area contributed by atoms with Gasteiger partial charge in [0.2, 0.25) is 11.8 Å². The fourth-order valence-electron chi connectivity index (χ4n) is 3.99. The summed E-state index contributed by atoms with van der Waals surface area (Å²) < 4.78 is 0. The van der Waals surface area contributed by atoms with Gasteiger partial charge < -0.3 is 10.2 Å². The lowest BCUT2D eigenvalue weighted by Gasteiger charge is -2.29. The van der Waals surface area contributed by atoms with E-state index >= 15 is 0 Å². The first-order valence-corrected chi connectivity index (χ1v) is 12.4. The van der Waals surface area contributed by atoms with E-state index in [0.29, 0.717) is 23.7 Å². The normalized spacial score (nSPS) is 18.3. The van der Waals surface area contributed by atoms with Gasteiger partial charge in [0, 0.05) is 30.3 Å². The van der Waals surface area contributed by atoms with Crippen molar-refractivity contribution in [3.8, 4) is 6.07 Å². The molecule has 0 saturated heterocycles. The van der Waals surface area contributed by atoms with Crippen LogP contribution in [0.25, 0.3) is 0 Å². The molecule has 158 valence electrons. The standard InChI is InChI=1S/C24H23N3O2S2/c1-30-19-8-6-17(7-9-19)20-12-22(28)26-24(21(20)13-25)31-15-23(29)27-11-10-16-4-2-3-5-18(16)14-27/h2-9,20H,10-12,14-15H2,1H3,(H,26,28)/t20-/m0/s1. The van der Waals surface area contributed by atoms with Gasteiger partial charge in [-0.25, -0.2) is 0 Å². The molecule has 0 saturated carbocycles. The molecule has 31 heavy (non-hydrogen) atoms. The third kappa shape index (κ3) is 4.81. The van der Waals surface area contributed by atoms with Crippen LogP contribution >= 0.6 is 23.5 Å². The Balaban J connectivity index is 1.48. The number of benzene rings is 2. The molecular formula is C24H23N3O2S2. The number of carbonyl (C=O) groups excluding carboxylic acids is 2. The molecule has 2 aliphatic rings. The van der Waals surface area contributed by atoms with E-state index < -0.39 is 0 Å². The van der Waals surface area contributed by atoms with Crippen LogP contribution in [0.1, 0.15) is 29.0 Å². The van der Waals surface area contributed by atoms with Gasteiger partial charge in [0.05, 0.1) is 22.4 Å². The van der Waals surface area contributed by atoms with Gasteiger partial charge in [-0.05, 0) is 41.5 Å². The van der Waals surface area contributed by atoms with Crippen LogP contribution in [0.3, 0.4) is 0 Å². The molecule has 2 aromatic rings.